The molecule has 1 N–H and O–H groups in total. The quantitative estimate of drug-likeness (QED) is 0.461. The van der Waals surface area contributed by atoms with Gasteiger partial charge in [0, 0.05) is 15.8 Å². The number of hydrogen-bond donors (Lipinski definition) is 1. The number of hydrogen-bond acceptors (Lipinski definition) is 1. The summed E-state index contributed by atoms with van der Waals surface area (Å²) < 4.78 is 16.0. The fraction of sp³-hybridized carbons (Fsp3) is 1.00. The van der Waals surface area contributed by atoms with Crippen LogP contribution in [0.2, 0.25) is 0 Å². The molecule has 0 aliphatic carbocycles. The number of halogens is 2. The molecule has 0 bridgehead atoms. The molecular weight excluding hydrogens is 78.0 g/mol. The molecule has 0 saturated carbocycles. The van der Waals surface area contributed by atoms with Crippen LogP contribution in [0.15, 0.2) is 0 Å². The van der Waals surface area contributed by atoms with Gasteiger partial charge in [0.25, 0.3) is 0 Å². The molecule has 0 saturated heterocycles. The van der Waals surface area contributed by atoms with Gasteiger partial charge in [-0.25, -0.2) is 0 Å². The Labute approximate surface area is 29.1 Å². The molecule has 34 valence electrons. The lowest BCUT2D eigenvalue weighted by Gasteiger charge is -1.52. The average Bonchev–Trinajstić information content (AvgIpc) is 1.46. The smallest absolute Gasteiger partial charge is 0.0402 e. The van der Waals surface area contributed by atoms with Gasteiger partial charge in [-0.1, -0.05) is 0 Å². The van der Waals surface area contributed by atoms with Gasteiger partial charge in [0.05, 0.1) is 0 Å². The first-order valence-electron chi connectivity index (χ1n) is 1.17. The van der Waals surface area contributed by atoms with Crippen molar-refractivity contribution in [2.24, 2.45) is 0 Å². The molecule has 0 atom stereocenters. The predicted octanol–water partition coefficient (Wildman–Crippen LogP) is 0.839. The van der Waals surface area contributed by atoms with Crippen LogP contribution in [0, 0.1) is 0 Å². The summed E-state index contributed by atoms with van der Waals surface area (Å²) in [6.45, 7) is 1.93. The fourth-order valence-electron chi connectivity index (χ4n) is 0. The zero-order chi connectivity index (χ0) is 4.71. The summed E-state index contributed by atoms with van der Waals surface area (Å²) in [5, 5.41) is 7.57. The van der Waals surface area contributed by atoms with Crippen LogP contribution in [0.3, 0.4) is 0 Å². The number of aliphatic hydroxyl groups is 1. The molecule has 0 aliphatic heterocycles. The Balaban J connectivity index is 0. The zero-order valence-electron chi connectivity index (χ0n) is 2.91. The van der Waals surface area contributed by atoms with Crippen LogP contribution in [0.1, 0.15) is 6.92 Å². The Morgan fingerprint density at radius 3 is 1.60 bits per heavy atom. The molecule has 0 fully saturated rings. The minimum atomic E-state index is 0.250. The molecule has 0 aliphatic rings. The second kappa shape index (κ2) is 45.2. The third-order valence-corrected chi connectivity index (χ3v) is 0. The highest BCUT2D eigenvalue weighted by molar-refractivity contribution is 3.84. The van der Waals surface area contributed by atoms with Crippen molar-refractivity contribution in [1.82, 2.24) is 0 Å². The van der Waals surface area contributed by atoms with Crippen molar-refractivity contribution < 1.29 is 14.3 Å². The maximum atomic E-state index is 8.00. The van der Waals surface area contributed by atoms with E-state index in [1.807, 2.05) is 0 Å². The summed E-state index contributed by atoms with van der Waals surface area (Å²) in [5.74, 6) is 0. The lowest BCUT2D eigenvalue weighted by Crippen LogP contribution is -1.57. The van der Waals surface area contributed by atoms with Crippen LogP contribution < -0.4 is 0 Å². The minimum Gasteiger partial charge on any atom is -0.397 e. The summed E-state index contributed by atoms with van der Waals surface area (Å²) in [6.07, 6.45) is 0. The largest absolute Gasteiger partial charge is 0.397 e. The highest BCUT2D eigenvalue weighted by Crippen LogP contribution is 1.42. The maximum absolute atomic E-state index is 8.00. The maximum Gasteiger partial charge on any atom is 0.0402 e. The van der Waals surface area contributed by atoms with Gasteiger partial charge in [-0.05, 0) is 6.92 Å². The van der Waals surface area contributed by atoms with Crippen LogP contribution >= 0.6 is 0 Å². The second-order valence-corrected chi connectivity index (χ2v) is 0.316. The SMILES string of the molecule is CCO.FF. The van der Waals surface area contributed by atoms with Crippen LogP contribution in [0.25, 0.3) is 0 Å². The van der Waals surface area contributed by atoms with Gasteiger partial charge in [-0.2, -0.15) is 0 Å². The van der Waals surface area contributed by atoms with E-state index in [0.717, 1.165) is 0 Å². The van der Waals surface area contributed by atoms with Crippen molar-refractivity contribution in [3.05, 3.63) is 0 Å². The van der Waals surface area contributed by atoms with Gasteiger partial charge in [0.2, 0.25) is 0 Å². The van der Waals surface area contributed by atoms with E-state index in [1.54, 1.807) is 6.92 Å². The van der Waals surface area contributed by atoms with Crippen LogP contribution in [0.4, 0.5) is 9.15 Å². The topological polar surface area (TPSA) is 20.2 Å². The molecule has 5 heavy (non-hydrogen) atoms. The summed E-state index contributed by atoms with van der Waals surface area (Å²) in [4.78, 5) is 0. The van der Waals surface area contributed by atoms with E-state index in [0.29, 0.717) is 0 Å². The first-order chi connectivity index (χ1) is 2.41. The monoisotopic (exact) mass is 84.0 g/mol. The molecule has 0 spiro atoms. The van der Waals surface area contributed by atoms with Crippen LogP contribution in [-0.2, 0) is 0 Å². The third-order valence-electron chi connectivity index (χ3n) is 0. The first-order valence-corrected chi connectivity index (χ1v) is 1.17. The fourth-order valence-corrected chi connectivity index (χ4v) is 0. The van der Waals surface area contributed by atoms with Gasteiger partial charge in [0.15, 0.2) is 0 Å². The van der Waals surface area contributed by atoms with E-state index in [-0.39, 0.29) is 6.61 Å². The first kappa shape index (κ1) is 8.84. The normalized spacial score (nSPS) is 4.80. The van der Waals surface area contributed by atoms with E-state index in [1.165, 1.54) is 0 Å². The van der Waals surface area contributed by atoms with E-state index in [9.17, 15) is 0 Å². The van der Waals surface area contributed by atoms with E-state index >= 15 is 0 Å². The zero-order valence-corrected chi connectivity index (χ0v) is 2.91. The predicted molar refractivity (Wildman–Crippen MR) is 15.0 cm³/mol. The number of rotatable bonds is 0. The Morgan fingerprint density at radius 2 is 1.60 bits per heavy atom. The Hall–Kier alpha value is -0.180. The highest BCUT2D eigenvalue weighted by Gasteiger charge is 1.34. The van der Waals surface area contributed by atoms with Gasteiger partial charge < -0.3 is 5.11 Å². The molecule has 0 aromatic carbocycles. The summed E-state index contributed by atoms with van der Waals surface area (Å²) in [5.41, 5.74) is 0. The standard InChI is InChI=1S/C2H6O.F2/c1-2-3;1-2/h3H,2H2,1H3;. The van der Waals surface area contributed by atoms with Crippen molar-refractivity contribution in [2.75, 3.05) is 6.61 Å². The molecule has 0 aromatic rings. The molecule has 1 nitrogen and oxygen atoms in total. The molecule has 0 heterocycles. The lowest BCUT2D eigenvalue weighted by molar-refractivity contribution is 0.108. The third kappa shape index (κ3) is 391. The average molecular weight is 84.1 g/mol. The highest BCUT2D eigenvalue weighted by atomic mass is 20.0. The Kier molecular flexibility index (Phi) is 79.9. The molecule has 0 amide bonds. The summed E-state index contributed by atoms with van der Waals surface area (Å²) in [7, 11) is 0. The minimum absolute atomic E-state index is 0.250. The van der Waals surface area contributed by atoms with Gasteiger partial charge >= 0.3 is 0 Å². The van der Waals surface area contributed by atoms with Gasteiger partial charge in [-0.3, -0.25) is 0 Å². The van der Waals surface area contributed by atoms with Crippen molar-refractivity contribution in [2.45, 2.75) is 6.92 Å². The molecule has 0 rings (SSSR count). The Bertz CT molecular complexity index is 7.61. The van der Waals surface area contributed by atoms with Crippen LogP contribution in [-0.4, -0.2) is 11.7 Å². The van der Waals surface area contributed by atoms with Gasteiger partial charge in [0.1, 0.15) is 0 Å². The lowest BCUT2D eigenvalue weighted by atomic mass is 10.9. The van der Waals surface area contributed by atoms with Crippen LogP contribution in [0.5, 0.6) is 0 Å². The van der Waals surface area contributed by atoms with Crippen molar-refractivity contribution in [3.8, 4) is 0 Å². The molecule has 0 radical (unpaired) electrons. The van der Waals surface area contributed by atoms with Crippen molar-refractivity contribution in [3.63, 3.8) is 0 Å². The summed E-state index contributed by atoms with van der Waals surface area (Å²) in [6, 6.07) is 0. The van der Waals surface area contributed by atoms with E-state index in [4.69, 9.17) is 14.3 Å². The summed E-state index contributed by atoms with van der Waals surface area (Å²) >= 11 is 0. The van der Waals surface area contributed by atoms with Crippen molar-refractivity contribution >= 4 is 0 Å². The van der Waals surface area contributed by atoms with E-state index in [2.05, 4.69) is 0 Å². The van der Waals surface area contributed by atoms with Gasteiger partial charge in [-0.15, -0.1) is 0 Å². The number of aliphatic hydroxyl groups excluding tert-OH is 1. The van der Waals surface area contributed by atoms with E-state index < -0.39 is 0 Å². The molecule has 0 unspecified atom stereocenters. The molecule has 0 aromatic heterocycles. The second-order valence-electron chi connectivity index (χ2n) is 0.316. The molecule has 3 heteroatoms. The Morgan fingerprint density at radius 1 is 1.60 bits per heavy atom. The van der Waals surface area contributed by atoms with Crippen molar-refractivity contribution in [1.29, 1.82) is 0 Å². The molecular formula is C2H6F2O.